The monoisotopic (exact) mass is 240 g/mol. The predicted octanol–water partition coefficient (Wildman–Crippen LogP) is 0.783. The van der Waals surface area contributed by atoms with E-state index in [-0.39, 0.29) is 23.3 Å². The highest BCUT2D eigenvalue weighted by atomic mass is 16.3. The second-order valence-electron chi connectivity index (χ2n) is 5.66. The van der Waals surface area contributed by atoms with Crippen molar-refractivity contribution < 1.29 is 9.90 Å². The molecule has 0 spiro atoms. The molecule has 98 valence electrons. The van der Waals surface area contributed by atoms with Crippen LogP contribution in [-0.4, -0.2) is 30.2 Å². The van der Waals surface area contributed by atoms with E-state index in [0.29, 0.717) is 13.1 Å². The topological polar surface area (TPSA) is 75.4 Å². The van der Waals surface area contributed by atoms with E-state index in [1.807, 2.05) is 0 Å². The molecule has 2 rings (SSSR count). The minimum absolute atomic E-state index is 0.101. The molecule has 0 aromatic heterocycles. The summed E-state index contributed by atoms with van der Waals surface area (Å²) in [5.41, 5.74) is 5.40. The number of rotatable bonds is 4. The molecule has 2 aliphatic carbocycles. The third-order valence-corrected chi connectivity index (χ3v) is 4.58. The Hall–Kier alpha value is -0.610. The molecule has 2 aliphatic rings. The lowest BCUT2D eigenvalue weighted by Gasteiger charge is -2.39. The molecule has 17 heavy (non-hydrogen) atoms. The second-order valence-corrected chi connectivity index (χ2v) is 5.66. The largest absolute Gasteiger partial charge is 0.393 e. The summed E-state index contributed by atoms with van der Waals surface area (Å²) in [6.07, 6.45) is 6.89. The minimum atomic E-state index is -0.292. The van der Waals surface area contributed by atoms with Gasteiger partial charge < -0.3 is 16.2 Å². The molecule has 0 aromatic carbocycles. The Kier molecular flexibility index (Phi) is 4.05. The Balaban J connectivity index is 1.79. The lowest BCUT2D eigenvalue weighted by Crippen LogP contribution is -2.51. The normalized spacial score (nSPS) is 31.6. The van der Waals surface area contributed by atoms with Crippen LogP contribution < -0.4 is 11.1 Å². The number of hydrogen-bond donors (Lipinski definition) is 3. The van der Waals surface area contributed by atoms with Gasteiger partial charge in [-0.05, 0) is 25.7 Å². The van der Waals surface area contributed by atoms with Crippen LogP contribution in [0, 0.1) is 11.3 Å². The zero-order valence-corrected chi connectivity index (χ0v) is 10.5. The molecule has 1 amide bonds. The fraction of sp³-hybridized carbons (Fsp3) is 0.923. The van der Waals surface area contributed by atoms with Crippen LogP contribution in [0.2, 0.25) is 0 Å². The Bertz CT molecular complexity index is 271. The molecular formula is C13H24N2O2. The van der Waals surface area contributed by atoms with Gasteiger partial charge in [-0.1, -0.05) is 19.3 Å². The van der Waals surface area contributed by atoms with Crippen LogP contribution in [0.3, 0.4) is 0 Å². The van der Waals surface area contributed by atoms with Gasteiger partial charge in [0.25, 0.3) is 0 Å². The van der Waals surface area contributed by atoms with E-state index >= 15 is 0 Å². The summed E-state index contributed by atoms with van der Waals surface area (Å²) >= 11 is 0. The molecule has 0 aliphatic heterocycles. The van der Waals surface area contributed by atoms with Gasteiger partial charge in [0.05, 0.1) is 11.5 Å². The molecule has 0 aromatic rings. The molecule has 0 heterocycles. The molecule has 2 saturated carbocycles. The minimum Gasteiger partial charge on any atom is -0.393 e. The average Bonchev–Trinajstić information content (AvgIpc) is 2.27. The number of nitrogens with one attached hydrogen (secondary N) is 1. The number of hydrogen-bond acceptors (Lipinski definition) is 3. The molecule has 0 radical (unpaired) electrons. The van der Waals surface area contributed by atoms with Crippen LogP contribution >= 0.6 is 0 Å². The molecule has 4 nitrogen and oxygen atoms in total. The zero-order chi connectivity index (χ0) is 12.3. The molecule has 4 N–H and O–H groups in total. The Morgan fingerprint density at radius 3 is 2.53 bits per heavy atom. The van der Waals surface area contributed by atoms with Gasteiger partial charge in [-0.2, -0.15) is 0 Å². The van der Waals surface area contributed by atoms with Crippen molar-refractivity contribution in [2.75, 3.05) is 13.1 Å². The summed E-state index contributed by atoms with van der Waals surface area (Å²) in [7, 11) is 0. The highest BCUT2D eigenvalue weighted by molar-refractivity contribution is 5.83. The van der Waals surface area contributed by atoms with Crippen LogP contribution in [0.4, 0.5) is 0 Å². The average molecular weight is 240 g/mol. The van der Waals surface area contributed by atoms with Crippen molar-refractivity contribution in [3.05, 3.63) is 0 Å². The van der Waals surface area contributed by atoms with Crippen LogP contribution in [0.25, 0.3) is 0 Å². The highest BCUT2D eigenvalue weighted by Gasteiger charge is 2.42. The van der Waals surface area contributed by atoms with Gasteiger partial charge in [0.2, 0.25) is 5.91 Å². The number of carbonyl (C=O) groups is 1. The zero-order valence-electron chi connectivity index (χ0n) is 10.5. The first-order chi connectivity index (χ1) is 8.18. The van der Waals surface area contributed by atoms with Crippen LogP contribution in [0.1, 0.15) is 44.9 Å². The van der Waals surface area contributed by atoms with Crippen molar-refractivity contribution in [2.45, 2.75) is 51.0 Å². The molecule has 0 bridgehead atoms. The van der Waals surface area contributed by atoms with E-state index in [2.05, 4.69) is 5.32 Å². The molecular weight excluding hydrogens is 216 g/mol. The summed E-state index contributed by atoms with van der Waals surface area (Å²) in [6, 6.07) is 0. The van der Waals surface area contributed by atoms with Crippen LogP contribution in [0.15, 0.2) is 0 Å². The smallest absolute Gasteiger partial charge is 0.227 e. The molecule has 0 saturated heterocycles. The SMILES string of the molecule is NCC1(C(=O)NCC2CCCCC2O)CCC1. The molecule has 2 fully saturated rings. The van der Waals surface area contributed by atoms with Crippen molar-refractivity contribution in [1.82, 2.24) is 5.32 Å². The van der Waals surface area contributed by atoms with E-state index in [9.17, 15) is 9.90 Å². The van der Waals surface area contributed by atoms with Crippen molar-refractivity contribution in [3.8, 4) is 0 Å². The van der Waals surface area contributed by atoms with Crippen molar-refractivity contribution in [3.63, 3.8) is 0 Å². The first kappa shape index (κ1) is 12.8. The van der Waals surface area contributed by atoms with E-state index in [1.165, 1.54) is 6.42 Å². The number of aliphatic hydroxyl groups is 1. The maximum atomic E-state index is 12.1. The Morgan fingerprint density at radius 1 is 1.29 bits per heavy atom. The summed E-state index contributed by atoms with van der Waals surface area (Å²) in [4.78, 5) is 12.1. The molecule has 4 heteroatoms. The lowest BCUT2D eigenvalue weighted by atomic mass is 9.68. The lowest BCUT2D eigenvalue weighted by molar-refractivity contribution is -0.135. The Labute approximate surface area is 103 Å². The maximum absolute atomic E-state index is 12.1. The Morgan fingerprint density at radius 2 is 2.00 bits per heavy atom. The standard InChI is InChI=1S/C13H24N2O2/c14-9-13(6-3-7-13)12(17)15-8-10-4-1-2-5-11(10)16/h10-11,16H,1-9,14H2,(H,15,17). The second kappa shape index (κ2) is 5.36. The number of carbonyl (C=O) groups excluding carboxylic acids is 1. The fourth-order valence-electron chi connectivity index (χ4n) is 2.96. The van der Waals surface area contributed by atoms with Gasteiger partial charge in [-0.25, -0.2) is 0 Å². The highest BCUT2D eigenvalue weighted by Crippen LogP contribution is 2.40. The van der Waals surface area contributed by atoms with Gasteiger partial charge in [0.1, 0.15) is 0 Å². The maximum Gasteiger partial charge on any atom is 0.227 e. The fourth-order valence-corrected chi connectivity index (χ4v) is 2.96. The third-order valence-electron chi connectivity index (χ3n) is 4.58. The van der Waals surface area contributed by atoms with E-state index in [4.69, 9.17) is 5.73 Å². The summed E-state index contributed by atoms with van der Waals surface area (Å²) in [5, 5.41) is 12.8. The number of nitrogens with two attached hydrogens (primary N) is 1. The van der Waals surface area contributed by atoms with E-state index in [0.717, 1.165) is 38.5 Å². The quantitative estimate of drug-likeness (QED) is 0.680. The number of amides is 1. The van der Waals surface area contributed by atoms with Gasteiger partial charge in [0.15, 0.2) is 0 Å². The number of aliphatic hydroxyl groups excluding tert-OH is 1. The van der Waals surface area contributed by atoms with E-state index in [1.54, 1.807) is 0 Å². The van der Waals surface area contributed by atoms with Crippen LogP contribution in [0.5, 0.6) is 0 Å². The predicted molar refractivity (Wildman–Crippen MR) is 66.3 cm³/mol. The van der Waals surface area contributed by atoms with Crippen LogP contribution in [-0.2, 0) is 4.79 Å². The van der Waals surface area contributed by atoms with Gasteiger partial charge >= 0.3 is 0 Å². The first-order valence-electron chi connectivity index (χ1n) is 6.84. The van der Waals surface area contributed by atoms with Crippen molar-refractivity contribution in [2.24, 2.45) is 17.1 Å². The van der Waals surface area contributed by atoms with Crippen molar-refractivity contribution in [1.29, 1.82) is 0 Å². The third kappa shape index (κ3) is 2.63. The van der Waals surface area contributed by atoms with E-state index < -0.39 is 0 Å². The van der Waals surface area contributed by atoms with Crippen molar-refractivity contribution >= 4 is 5.91 Å². The first-order valence-corrected chi connectivity index (χ1v) is 6.84. The van der Waals surface area contributed by atoms with Gasteiger partial charge in [-0.3, -0.25) is 4.79 Å². The molecule has 2 atom stereocenters. The van der Waals surface area contributed by atoms with Gasteiger partial charge in [-0.15, -0.1) is 0 Å². The summed E-state index contributed by atoms with van der Waals surface area (Å²) in [6.45, 7) is 1.06. The summed E-state index contributed by atoms with van der Waals surface area (Å²) in [5.74, 6) is 0.339. The molecule has 2 unspecified atom stereocenters. The van der Waals surface area contributed by atoms with Gasteiger partial charge in [0, 0.05) is 19.0 Å². The summed E-state index contributed by atoms with van der Waals surface area (Å²) < 4.78 is 0.